The van der Waals surface area contributed by atoms with Crippen LogP contribution >= 0.6 is 11.6 Å². The molecule has 21 heavy (non-hydrogen) atoms. The summed E-state index contributed by atoms with van der Waals surface area (Å²) in [4.78, 5) is 12.0. The van der Waals surface area contributed by atoms with Gasteiger partial charge in [-0.1, -0.05) is 23.7 Å². The highest BCUT2D eigenvalue weighted by atomic mass is 35.5. The fraction of sp³-hybridized carbons (Fsp3) is 0.188. The Kier molecular flexibility index (Phi) is 4.70. The average Bonchev–Trinajstić information content (AvgIpc) is 2.46. The standard InChI is InChI=1S/C16H16ClNO3/c1-10-3-4-12(13(17)7-10)9-21-16(19)11-5-6-14(18)15(8-11)20-2/h3-8H,9,18H2,1-2H3. The van der Waals surface area contributed by atoms with Crippen LogP contribution in [0.15, 0.2) is 36.4 Å². The lowest BCUT2D eigenvalue weighted by atomic mass is 10.1. The second-order valence-electron chi connectivity index (χ2n) is 4.63. The molecule has 110 valence electrons. The van der Waals surface area contributed by atoms with Gasteiger partial charge in [0.05, 0.1) is 18.4 Å². The summed E-state index contributed by atoms with van der Waals surface area (Å²) in [6.07, 6.45) is 0. The Balaban J connectivity index is 2.08. The molecule has 0 aliphatic rings. The van der Waals surface area contributed by atoms with E-state index >= 15 is 0 Å². The molecule has 0 saturated carbocycles. The highest BCUT2D eigenvalue weighted by Crippen LogP contribution is 2.23. The van der Waals surface area contributed by atoms with Crippen LogP contribution in [-0.4, -0.2) is 13.1 Å². The van der Waals surface area contributed by atoms with Crippen molar-refractivity contribution >= 4 is 23.3 Å². The number of rotatable bonds is 4. The topological polar surface area (TPSA) is 61.5 Å². The third-order valence-electron chi connectivity index (χ3n) is 3.04. The number of benzene rings is 2. The zero-order valence-electron chi connectivity index (χ0n) is 11.9. The Morgan fingerprint density at radius 2 is 2.00 bits per heavy atom. The van der Waals surface area contributed by atoms with Gasteiger partial charge in [-0.05, 0) is 36.8 Å². The van der Waals surface area contributed by atoms with Gasteiger partial charge in [-0.2, -0.15) is 0 Å². The number of ether oxygens (including phenoxy) is 2. The van der Waals surface area contributed by atoms with Gasteiger partial charge in [-0.15, -0.1) is 0 Å². The Morgan fingerprint density at radius 3 is 2.67 bits per heavy atom. The second kappa shape index (κ2) is 6.50. The quantitative estimate of drug-likeness (QED) is 0.692. The summed E-state index contributed by atoms with van der Waals surface area (Å²) in [7, 11) is 1.49. The fourth-order valence-corrected chi connectivity index (χ4v) is 2.12. The monoisotopic (exact) mass is 305 g/mol. The molecule has 2 aromatic carbocycles. The Labute approximate surface area is 128 Å². The summed E-state index contributed by atoms with van der Waals surface area (Å²) in [5.41, 5.74) is 8.37. The van der Waals surface area contributed by atoms with Gasteiger partial charge >= 0.3 is 5.97 Å². The summed E-state index contributed by atoms with van der Waals surface area (Å²) >= 11 is 6.10. The molecule has 0 heterocycles. The number of nitrogens with two attached hydrogens (primary N) is 1. The van der Waals surface area contributed by atoms with Gasteiger partial charge in [0.15, 0.2) is 0 Å². The highest BCUT2D eigenvalue weighted by molar-refractivity contribution is 6.31. The van der Waals surface area contributed by atoms with Crippen molar-refractivity contribution in [3.05, 3.63) is 58.1 Å². The van der Waals surface area contributed by atoms with Crippen molar-refractivity contribution in [3.8, 4) is 5.75 Å². The second-order valence-corrected chi connectivity index (χ2v) is 5.03. The van der Waals surface area contributed by atoms with Crippen molar-refractivity contribution in [3.63, 3.8) is 0 Å². The minimum atomic E-state index is -0.454. The van der Waals surface area contributed by atoms with E-state index in [0.717, 1.165) is 11.1 Å². The molecule has 0 spiro atoms. The first-order chi connectivity index (χ1) is 10.0. The van der Waals surface area contributed by atoms with Crippen molar-refractivity contribution in [1.82, 2.24) is 0 Å². The summed E-state index contributed by atoms with van der Waals surface area (Å²) in [5, 5.41) is 0.581. The van der Waals surface area contributed by atoms with E-state index in [4.69, 9.17) is 26.8 Å². The van der Waals surface area contributed by atoms with Crippen LogP contribution in [0.1, 0.15) is 21.5 Å². The third-order valence-corrected chi connectivity index (χ3v) is 3.39. The van der Waals surface area contributed by atoms with Gasteiger partial charge in [-0.3, -0.25) is 0 Å². The molecule has 0 fully saturated rings. The van der Waals surface area contributed by atoms with Crippen LogP contribution < -0.4 is 10.5 Å². The predicted octanol–water partition coefficient (Wildman–Crippen LogP) is 3.60. The molecular formula is C16H16ClNO3. The Bertz CT molecular complexity index is 671. The fourth-order valence-electron chi connectivity index (χ4n) is 1.83. The lowest BCUT2D eigenvalue weighted by molar-refractivity contribution is 0.0472. The van der Waals surface area contributed by atoms with Gasteiger partial charge in [0.1, 0.15) is 12.4 Å². The molecule has 0 saturated heterocycles. The molecule has 0 aromatic heterocycles. The number of carbonyl (C=O) groups excluding carboxylic acids is 1. The number of nitrogen functional groups attached to an aromatic ring is 1. The molecule has 0 unspecified atom stereocenters. The molecular weight excluding hydrogens is 290 g/mol. The molecule has 0 radical (unpaired) electrons. The molecule has 0 aliphatic carbocycles. The molecule has 4 nitrogen and oxygen atoms in total. The molecule has 2 rings (SSSR count). The number of hydrogen-bond acceptors (Lipinski definition) is 4. The third kappa shape index (κ3) is 3.67. The highest BCUT2D eigenvalue weighted by Gasteiger charge is 2.11. The lowest BCUT2D eigenvalue weighted by Gasteiger charge is -2.09. The first-order valence-corrected chi connectivity index (χ1v) is 6.74. The molecule has 2 N–H and O–H groups in total. The van der Waals surface area contributed by atoms with Crippen molar-refractivity contribution < 1.29 is 14.3 Å². The van der Waals surface area contributed by atoms with E-state index in [9.17, 15) is 4.79 Å². The van der Waals surface area contributed by atoms with Crippen molar-refractivity contribution in [2.75, 3.05) is 12.8 Å². The lowest BCUT2D eigenvalue weighted by Crippen LogP contribution is -2.06. The number of esters is 1. The molecule has 0 atom stereocenters. The maximum Gasteiger partial charge on any atom is 0.338 e. The maximum atomic E-state index is 12.0. The van der Waals surface area contributed by atoms with E-state index in [1.54, 1.807) is 18.2 Å². The van der Waals surface area contributed by atoms with Crippen LogP contribution in [-0.2, 0) is 11.3 Å². The summed E-state index contributed by atoms with van der Waals surface area (Å²) in [5.74, 6) is -0.0113. The van der Waals surface area contributed by atoms with Crippen LogP contribution in [0, 0.1) is 6.92 Å². The zero-order valence-corrected chi connectivity index (χ0v) is 12.6. The van der Waals surface area contributed by atoms with Crippen molar-refractivity contribution in [1.29, 1.82) is 0 Å². The molecule has 0 amide bonds. The SMILES string of the molecule is COc1cc(C(=O)OCc2ccc(C)cc2Cl)ccc1N. The van der Waals surface area contributed by atoms with E-state index in [1.165, 1.54) is 7.11 Å². The van der Waals surface area contributed by atoms with Gasteiger partial charge < -0.3 is 15.2 Å². The van der Waals surface area contributed by atoms with E-state index in [0.29, 0.717) is 22.0 Å². The number of carbonyl (C=O) groups is 1. The molecule has 2 aromatic rings. The smallest absolute Gasteiger partial charge is 0.338 e. The summed E-state index contributed by atoms with van der Waals surface area (Å²) in [6.45, 7) is 2.06. The van der Waals surface area contributed by atoms with Crippen LogP contribution in [0.3, 0.4) is 0 Å². The predicted molar refractivity (Wildman–Crippen MR) is 82.7 cm³/mol. The number of anilines is 1. The van der Waals surface area contributed by atoms with Gasteiger partial charge in [0.25, 0.3) is 0 Å². The number of aryl methyl sites for hydroxylation is 1. The van der Waals surface area contributed by atoms with Crippen molar-refractivity contribution in [2.45, 2.75) is 13.5 Å². The van der Waals surface area contributed by atoms with E-state index in [-0.39, 0.29) is 6.61 Å². The first-order valence-electron chi connectivity index (χ1n) is 6.37. The Morgan fingerprint density at radius 1 is 1.24 bits per heavy atom. The van der Waals surface area contributed by atoms with Crippen LogP contribution in [0.25, 0.3) is 0 Å². The molecule has 0 bridgehead atoms. The van der Waals surface area contributed by atoms with Gasteiger partial charge in [-0.25, -0.2) is 4.79 Å². The van der Waals surface area contributed by atoms with E-state index in [1.807, 2.05) is 25.1 Å². The van der Waals surface area contributed by atoms with Gasteiger partial charge in [0, 0.05) is 10.6 Å². The van der Waals surface area contributed by atoms with E-state index < -0.39 is 5.97 Å². The minimum Gasteiger partial charge on any atom is -0.495 e. The zero-order chi connectivity index (χ0) is 15.4. The van der Waals surface area contributed by atoms with Gasteiger partial charge in [0.2, 0.25) is 0 Å². The summed E-state index contributed by atoms with van der Waals surface area (Å²) in [6, 6.07) is 10.3. The summed E-state index contributed by atoms with van der Waals surface area (Å²) < 4.78 is 10.3. The van der Waals surface area contributed by atoms with Crippen LogP contribution in [0.4, 0.5) is 5.69 Å². The largest absolute Gasteiger partial charge is 0.495 e. The maximum absolute atomic E-state index is 12.0. The van der Waals surface area contributed by atoms with E-state index in [2.05, 4.69) is 0 Å². The number of hydrogen-bond donors (Lipinski definition) is 1. The normalized spacial score (nSPS) is 10.2. The minimum absolute atomic E-state index is 0.116. The number of methoxy groups -OCH3 is 1. The first kappa shape index (κ1) is 15.2. The van der Waals surface area contributed by atoms with Crippen LogP contribution in [0.5, 0.6) is 5.75 Å². The van der Waals surface area contributed by atoms with Crippen molar-refractivity contribution in [2.24, 2.45) is 0 Å². The molecule has 5 heteroatoms. The Hall–Kier alpha value is -2.20. The number of halogens is 1. The average molecular weight is 306 g/mol. The molecule has 0 aliphatic heterocycles. The van der Waals surface area contributed by atoms with Crippen LogP contribution in [0.2, 0.25) is 5.02 Å².